The quantitative estimate of drug-likeness (QED) is 0.713. The fourth-order valence-electron chi connectivity index (χ4n) is 2.16. The number of alkyl halides is 3. The van der Waals surface area contributed by atoms with Crippen molar-refractivity contribution in [3.8, 4) is 5.69 Å². The molecule has 1 aromatic heterocycles. The van der Waals surface area contributed by atoms with Gasteiger partial charge in [0.25, 0.3) is 0 Å². The van der Waals surface area contributed by atoms with Crippen LogP contribution >= 0.6 is 0 Å². The zero-order valence-corrected chi connectivity index (χ0v) is 13.1. The average molecular weight is 345 g/mol. The molecule has 2 rings (SSSR count). The molecule has 0 bridgehead atoms. The first-order valence-corrected chi connectivity index (χ1v) is 7.21. The van der Waals surface area contributed by atoms with Crippen LogP contribution in [-0.2, 0) is 13.2 Å². The van der Waals surface area contributed by atoms with Crippen molar-refractivity contribution in [2.45, 2.75) is 39.2 Å². The summed E-state index contributed by atoms with van der Waals surface area (Å²) in [5.74, 6) is 0.164. The molecule has 0 saturated carbocycles. The lowest BCUT2D eigenvalue weighted by atomic mass is 10.2. The molecule has 7 nitrogen and oxygen atoms in total. The van der Waals surface area contributed by atoms with E-state index in [2.05, 4.69) is 10.4 Å². The number of aliphatic hydroxyl groups is 1. The minimum absolute atomic E-state index is 0.0424. The molecule has 0 aliphatic rings. The number of aliphatic hydroxyl groups excluding tert-OH is 1. The predicted octanol–water partition coefficient (Wildman–Crippen LogP) is 1.49. The minimum Gasteiger partial charge on any atom is -0.397 e. The van der Waals surface area contributed by atoms with E-state index in [9.17, 15) is 23.1 Å². The second-order valence-electron chi connectivity index (χ2n) is 5.19. The number of nitrogens with two attached hydrogens (primary N) is 1. The Hall–Kier alpha value is -2.49. The Labute approximate surface area is 135 Å². The highest BCUT2D eigenvalue weighted by molar-refractivity contribution is 5.69. The Bertz CT molecular complexity index is 782. The number of hydrogen-bond acceptors (Lipinski definition) is 5. The van der Waals surface area contributed by atoms with Crippen LogP contribution in [0.5, 0.6) is 0 Å². The van der Waals surface area contributed by atoms with Gasteiger partial charge in [-0.25, -0.2) is 4.79 Å². The molecule has 0 aliphatic carbocycles. The largest absolute Gasteiger partial charge is 0.408 e. The lowest BCUT2D eigenvalue weighted by Crippen LogP contribution is -2.33. The van der Waals surface area contributed by atoms with Gasteiger partial charge in [0.2, 0.25) is 0 Å². The van der Waals surface area contributed by atoms with Gasteiger partial charge < -0.3 is 16.2 Å². The monoisotopic (exact) mass is 345 g/mol. The first kappa shape index (κ1) is 17.9. The smallest absolute Gasteiger partial charge is 0.397 e. The summed E-state index contributed by atoms with van der Waals surface area (Å²) in [6.45, 7) is 2.56. The van der Waals surface area contributed by atoms with Gasteiger partial charge in [0.15, 0.2) is 5.82 Å². The number of anilines is 2. The first-order chi connectivity index (χ1) is 11.2. The molecule has 0 saturated heterocycles. The van der Waals surface area contributed by atoms with Crippen molar-refractivity contribution in [2.24, 2.45) is 0 Å². The molecule has 0 aliphatic heterocycles. The van der Waals surface area contributed by atoms with Gasteiger partial charge in [-0.3, -0.25) is 4.57 Å². The summed E-state index contributed by atoms with van der Waals surface area (Å²) in [4.78, 5) is 12.3. The van der Waals surface area contributed by atoms with Crippen LogP contribution < -0.4 is 16.7 Å². The number of benzene rings is 1. The maximum Gasteiger partial charge on any atom is 0.408 e. The van der Waals surface area contributed by atoms with Crippen molar-refractivity contribution in [3.63, 3.8) is 0 Å². The Kier molecular flexibility index (Phi) is 4.88. The third-order valence-corrected chi connectivity index (χ3v) is 3.54. The van der Waals surface area contributed by atoms with Crippen molar-refractivity contribution in [1.29, 1.82) is 0 Å². The zero-order chi connectivity index (χ0) is 18.1. The normalized spacial score (nSPS) is 13.1. The molecule has 132 valence electrons. The van der Waals surface area contributed by atoms with Gasteiger partial charge in [0, 0.05) is 6.54 Å². The zero-order valence-electron chi connectivity index (χ0n) is 13.1. The van der Waals surface area contributed by atoms with E-state index in [1.165, 1.54) is 22.8 Å². The van der Waals surface area contributed by atoms with E-state index in [4.69, 9.17) is 5.73 Å². The maximum atomic E-state index is 12.7. The fourth-order valence-corrected chi connectivity index (χ4v) is 2.16. The molecule has 1 heterocycles. The number of nitrogen functional groups attached to an aromatic ring is 1. The molecule has 4 N–H and O–H groups in total. The molecular formula is C14H18F3N5O2. The SMILES string of the molecule is CCn1c(CO)nn(-c2ccc(N)c(NC(C)C(F)(F)F)c2)c1=O. The summed E-state index contributed by atoms with van der Waals surface area (Å²) in [6.07, 6.45) is -4.44. The number of halogens is 3. The number of nitrogens with one attached hydrogen (secondary N) is 1. The molecule has 1 aromatic carbocycles. The molecule has 0 spiro atoms. The standard InChI is InChI=1S/C14H18F3N5O2/c1-3-21-12(7-23)20-22(13(21)24)9-4-5-10(18)11(6-9)19-8(2)14(15,16)17/h4-6,8,19,23H,3,7,18H2,1-2H3. The Morgan fingerprint density at radius 3 is 2.58 bits per heavy atom. The van der Waals surface area contributed by atoms with Crippen molar-refractivity contribution in [1.82, 2.24) is 14.3 Å². The summed E-state index contributed by atoms with van der Waals surface area (Å²) >= 11 is 0. The summed E-state index contributed by atoms with van der Waals surface area (Å²) in [7, 11) is 0. The maximum absolute atomic E-state index is 12.7. The average Bonchev–Trinajstić information content (AvgIpc) is 2.84. The van der Waals surface area contributed by atoms with Crippen LogP contribution in [-0.4, -0.2) is 31.7 Å². The van der Waals surface area contributed by atoms with Crippen molar-refractivity contribution in [3.05, 3.63) is 34.5 Å². The number of rotatable bonds is 5. The summed E-state index contributed by atoms with van der Waals surface area (Å²) < 4.78 is 40.4. The lowest BCUT2D eigenvalue weighted by Gasteiger charge is -2.20. The van der Waals surface area contributed by atoms with Crippen LogP contribution in [0.25, 0.3) is 5.69 Å². The second-order valence-corrected chi connectivity index (χ2v) is 5.19. The number of hydrogen-bond donors (Lipinski definition) is 3. The molecule has 1 unspecified atom stereocenters. The van der Waals surface area contributed by atoms with Crippen LogP contribution in [0.3, 0.4) is 0 Å². The minimum atomic E-state index is -4.44. The molecule has 0 amide bonds. The third kappa shape index (κ3) is 3.37. The number of aromatic nitrogens is 3. The number of nitrogens with zero attached hydrogens (tertiary/aromatic N) is 3. The van der Waals surface area contributed by atoms with Gasteiger partial charge >= 0.3 is 11.9 Å². The van der Waals surface area contributed by atoms with Gasteiger partial charge in [0.05, 0.1) is 17.1 Å². The molecular weight excluding hydrogens is 327 g/mol. The fraction of sp³-hybridized carbons (Fsp3) is 0.429. The van der Waals surface area contributed by atoms with E-state index >= 15 is 0 Å². The Morgan fingerprint density at radius 1 is 1.42 bits per heavy atom. The third-order valence-electron chi connectivity index (χ3n) is 3.54. The molecule has 24 heavy (non-hydrogen) atoms. The van der Waals surface area contributed by atoms with Crippen molar-refractivity contribution >= 4 is 11.4 Å². The molecule has 10 heteroatoms. The van der Waals surface area contributed by atoms with Gasteiger partial charge in [-0.05, 0) is 32.0 Å². The first-order valence-electron chi connectivity index (χ1n) is 7.21. The van der Waals surface area contributed by atoms with Gasteiger partial charge in [-0.2, -0.15) is 17.9 Å². The predicted molar refractivity (Wildman–Crippen MR) is 83.0 cm³/mol. The molecule has 0 radical (unpaired) electrons. The summed E-state index contributed by atoms with van der Waals surface area (Å²) in [5.41, 5.74) is 5.60. The van der Waals surface area contributed by atoms with E-state index in [0.29, 0.717) is 6.54 Å². The summed E-state index contributed by atoms with van der Waals surface area (Å²) in [6, 6.07) is 2.35. The van der Waals surface area contributed by atoms with Crippen LogP contribution in [0.2, 0.25) is 0 Å². The highest BCUT2D eigenvalue weighted by atomic mass is 19.4. The molecule has 0 fully saturated rings. The Balaban J connectivity index is 2.45. The molecule has 2 aromatic rings. The van der Waals surface area contributed by atoms with E-state index in [1.807, 2.05) is 0 Å². The van der Waals surface area contributed by atoms with E-state index in [1.54, 1.807) is 6.92 Å². The van der Waals surface area contributed by atoms with Gasteiger partial charge in [-0.15, -0.1) is 5.10 Å². The van der Waals surface area contributed by atoms with Crippen molar-refractivity contribution < 1.29 is 18.3 Å². The van der Waals surface area contributed by atoms with Crippen LogP contribution in [0.4, 0.5) is 24.5 Å². The lowest BCUT2D eigenvalue weighted by molar-refractivity contribution is -0.138. The van der Waals surface area contributed by atoms with E-state index < -0.39 is 24.5 Å². The van der Waals surface area contributed by atoms with E-state index in [-0.39, 0.29) is 22.9 Å². The summed E-state index contributed by atoms with van der Waals surface area (Å²) in [5, 5.41) is 15.5. The highest BCUT2D eigenvalue weighted by Gasteiger charge is 2.36. The van der Waals surface area contributed by atoms with Crippen molar-refractivity contribution in [2.75, 3.05) is 11.1 Å². The Morgan fingerprint density at radius 2 is 2.08 bits per heavy atom. The van der Waals surface area contributed by atoms with E-state index in [0.717, 1.165) is 11.6 Å². The van der Waals surface area contributed by atoms with Gasteiger partial charge in [-0.1, -0.05) is 0 Å². The van der Waals surface area contributed by atoms with Gasteiger partial charge in [0.1, 0.15) is 12.6 Å². The second kappa shape index (κ2) is 6.56. The van der Waals surface area contributed by atoms with Crippen LogP contribution in [0, 0.1) is 0 Å². The van der Waals surface area contributed by atoms with Crippen LogP contribution in [0.1, 0.15) is 19.7 Å². The topological polar surface area (TPSA) is 98.1 Å². The highest BCUT2D eigenvalue weighted by Crippen LogP contribution is 2.27. The van der Waals surface area contributed by atoms with Crippen LogP contribution in [0.15, 0.2) is 23.0 Å². The molecule has 1 atom stereocenters.